The highest BCUT2D eigenvalue weighted by molar-refractivity contribution is 7.93. The third-order valence-corrected chi connectivity index (χ3v) is 14.5. The number of nitrogens with zero attached hydrogens (tertiary/aromatic N) is 5. The van der Waals surface area contributed by atoms with E-state index >= 15 is 0 Å². The molecule has 0 spiro atoms. The fraction of sp³-hybridized carbons (Fsp3) is 0.0217. The molecule has 6 aromatic heterocycles. The number of nitrogens with two attached hydrogens (primary N) is 1. The number of carboxylic acid groups (broad SMARTS) is 1. The molecular formula is C46H38N10O10S6. The van der Waals surface area contributed by atoms with Crippen LogP contribution in [0.25, 0.3) is 12.2 Å². The molecule has 0 radical (unpaired) electrons. The molecule has 20 nitrogen and oxygen atoms in total. The van der Waals surface area contributed by atoms with Gasteiger partial charge in [0, 0.05) is 52.8 Å². The van der Waals surface area contributed by atoms with E-state index < -0.39 is 37.8 Å². The van der Waals surface area contributed by atoms with Crippen molar-refractivity contribution in [2.75, 3.05) is 20.5 Å². The number of aliphatic imine (C=N–C) groups is 1. The summed E-state index contributed by atoms with van der Waals surface area (Å²) in [5.41, 5.74) is 6.75. The van der Waals surface area contributed by atoms with Crippen LogP contribution in [0.3, 0.4) is 0 Å². The first-order valence-corrected chi connectivity index (χ1v) is 26.8. The molecule has 7 N–H and O–H groups in total. The number of aromatic nitrogens is 4. The minimum Gasteiger partial charge on any atom is -0.481 e. The first-order chi connectivity index (χ1) is 34.5. The maximum absolute atomic E-state index is 12.9. The van der Waals surface area contributed by atoms with Gasteiger partial charge in [0.2, 0.25) is 17.8 Å². The fourth-order valence-corrected chi connectivity index (χ4v) is 9.81. The molecule has 2 aromatic carbocycles. The number of rotatable bonds is 13. The summed E-state index contributed by atoms with van der Waals surface area (Å²) < 4.78 is 58.5. The lowest BCUT2D eigenvalue weighted by Gasteiger charge is -2.11. The van der Waals surface area contributed by atoms with Crippen LogP contribution in [0.1, 0.15) is 31.2 Å². The highest BCUT2D eigenvalue weighted by atomic mass is 32.2. The number of carbonyl (C=O) groups is 4. The predicted octanol–water partition coefficient (Wildman–Crippen LogP) is 7.91. The van der Waals surface area contributed by atoms with E-state index in [1.54, 1.807) is 53.1 Å². The van der Waals surface area contributed by atoms with Gasteiger partial charge >= 0.3 is 5.97 Å². The van der Waals surface area contributed by atoms with E-state index in [-0.39, 0.29) is 33.4 Å². The highest BCUT2D eigenvalue weighted by Gasteiger charge is 2.25. The van der Waals surface area contributed by atoms with Crippen LogP contribution in [0.15, 0.2) is 182 Å². The monoisotopic (exact) mass is 1080 g/mol. The number of carboxylic acids is 1. The molecule has 0 unspecified atom stereocenters. The molecule has 368 valence electrons. The highest BCUT2D eigenvalue weighted by Crippen LogP contribution is 2.24. The molecule has 0 saturated carbocycles. The molecule has 9 rings (SSSR count). The Morgan fingerprint density at radius 1 is 0.653 bits per heavy atom. The summed E-state index contributed by atoms with van der Waals surface area (Å²) in [5, 5.41) is 20.2. The second-order valence-electron chi connectivity index (χ2n) is 13.8. The molecule has 0 saturated heterocycles. The van der Waals surface area contributed by atoms with Crippen LogP contribution in [0.4, 0.5) is 23.3 Å². The van der Waals surface area contributed by atoms with Gasteiger partial charge in [0.25, 0.3) is 37.8 Å². The fourth-order valence-electron chi connectivity index (χ4n) is 5.31. The largest absolute Gasteiger partial charge is 0.481 e. The molecule has 2 amide bonds. The van der Waals surface area contributed by atoms with E-state index in [2.05, 4.69) is 45.0 Å². The Morgan fingerprint density at radius 2 is 1.15 bits per heavy atom. The Morgan fingerprint density at radius 3 is 1.65 bits per heavy atom. The van der Waals surface area contributed by atoms with Gasteiger partial charge in [-0.2, -0.15) is 0 Å². The number of esters is 1. The Labute approximate surface area is 427 Å². The number of hydrogen-bond donors (Lipinski definition) is 6. The first kappa shape index (κ1) is 53.1. The van der Waals surface area contributed by atoms with Crippen LogP contribution >= 0.6 is 45.3 Å². The summed E-state index contributed by atoms with van der Waals surface area (Å²) in [6.45, 7) is 1.08. The number of carbonyl (C=O) groups excluding carboxylic acids is 3. The van der Waals surface area contributed by atoms with Gasteiger partial charge in [-0.05, 0) is 119 Å². The van der Waals surface area contributed by atoms with Crippen molar-refractivity contribution in [1.82, 2.24) is 25.3 Å². The van der Waals surface area contributed by atoms with Gasteiger partial charge in [0.05, 0.1) is 19.5 Å². The number of anilines is 4. The normalized spacial score (nSPS) is 12.5. The van der Waals surface area contributed by atoms with Gasteiger partial charge in [0.15, 0.2) is 5.70 Å². The molecule has 8 aromatic rings. The van der Waals surface area contributed by atoms with E-state index in [1.807, 2.05) is 52.5 Å². The molecule has 1 aliphatic heterocycles. The van der Waals surface area contributed by atoms with E-state index in [4.69, 9.17) is 20.4 Å². The Kier molecular flexibility index (Phi) is 18.8. The molecule has 0 atom stereocenters. The van der Waals surface area contributed by atoms with Crippen molar-refractivity contribution in [1.29, 1.82) is 0 Å². The van der Waals surface area contributed by atoms with E-state index in [0.29, 0.717) is 27.8 Å². The number of nitrogens with one attached hydrogen (secondary N) is 4. The summed E-state index contributed by atoms with van der Waals surface area (Å²) in [4.78, 5) is 68.7. The number of ether oxygens (including phenoxy) is 1. The molecular weight excluding hydrogens is 1040 g/mol. The number of aliphatic carboxylic acids is 1. The second kappa shape index (κ2) is 25.5. The van der Waals surface area contributed by atoms with Crippen LogP contribution in [0.2, 0.25) is 0 Å². The van der Waals surface area contributed by atoms with Crippen LogP contribution in [0, 0.1) is 0 Å². The minimum atomic E-state index is -3.90. The summed E-state index contributed by atoms with van der Waals surface area (Å²) in [6.07, 6.45) is 9.06. The average Bonchev–Trinajstić information content (AvgIpc) is 4.23. The lowest BCUT2D eigenvalue weighted by atomic mass is 10.2. The van der Waals surface area contributed by atoms with Crippen molar-refractivity contribution in [3.63, 3.8) is 0 Å². The Hall–Kier alpha value is -8.27. The first-order valence-electron chi connectivity index (χ1n) is 20.3. The van der Waals surface area contributed by atoms with Crippen molar-refractivity contribution in [3.8, 4) is 0 Å². The number of cyclic esters (lactones) is 1. The standard InChI is InChI=1S/C22H17N5O4S3.C12H7NO2S2.C10H10N4O2S.C2H4O2/c28-20(18(14-16-4-1-12-32-16)26-21(29)19-5-2-13-33-19)25-15-6-8-17(9-7-15)34(30,31)27-22-23-10-3-11-24-22;14-12-9(7-8-3-1-5-16-8)13-11(15-12)10-4-2-6-17-10;11-8-2-4-9(5-3-8)17(15,16)14-10-12-6-1-7-13-10;1-2(3)4/h1-14H,(H,25,28)(H,26,29)(H,23,24,27);1-7H;1-7H,11H2,(H,12,13,14);1H3,(H,3,4)/b18-14+;9-7+;;. The quantitative estimate of drug-likeness (QED) is 0.0363. The molecule has 26 heteroatoms. The maximum Gasteiger partial charge on any atom is 0.363 e. The lowest BCUT2D eigenvalue weighted by Crippen LogP contribution is -2.30. The van der Waals surface area contributed by atoms with Gasteiger partial charge in [-0.15, -0.1) is 45.3 Å². The van der Waals surface area contributed by atoms with Crippen molar-refractivity contribution >= 4 is 130 Å². The molecule has 72 heavy (non-hydrogen) atoms. The van der Waals surface area contributed by atoms with E-state index in [9.17, 15) is 31.2 Å². The lowest BCUT2D eigenvalue weighted by molar-refractivity contribution is -0.134. The second-order valence-corrected chi connectivity index (χ2v) is 21.0. The third-order valence-electron chi connectivity index (χ3n) is 8.44. The molecule has 0 bridgehead atoms. The van der Waals surface area contributed by atoms with Gasteiger partial charge in [-0.25, -0.2) is 56.0 Å². The maximum atomic E-state index is 12.9. The van der Waals surface area contributed by atoms with Gasteiger partial charge < -0.3 is 26.2 Å². The smallest absolute Gasteiger partial charge is 0.363 e. The van der Waals surface area contributed by atoms with Crippen molar-refractivity contribution < 1.29 is 45.9 Å². The Bertz CT molecular complexity index is 3370. The van der Waals surface area contributed by atoms with E-state index in [1.165, 1.54) is 107 Å². The topological polar surface area (TPSA) is 304 Å². The summed E-state index contributed by atoms with van der Waals surface area (Å²) >= 11 is 5.74. The molecule has 1 aliphatic rings. The van der Waals surface area contributed by atoms with E-state index in [0.717, 1.165) is 21.6 Å². The Balaban J connectivity index is 0.000000186. The van der Waals surface area contributed by atoms with Crippen LogP contribution in [-0.4, -0.2) is 71.5 Å². The van der Waals surface area contributed by atoms with Crippen molar-refractivity contribution in [2.45, 2.75) is 16.7 Å². The SMILES string of the molecule is CC(=O)O.Nc1ccc(S(=O)(=O)Nc2ncccn2)cc1.O=C(Nc1ccc(S(=O)(=O)Nc2ncccn2)cc1)/C(=C\c1cccs1)NC(=O)c1cccs1.O=C1OC(c2cccs2)=N/C1=C/c1cccs1. The minimum absolute atomic E-state index is 0.0294. The van der Waals surface area contributed by atoms with Crippen LogP contribution < -0.4 is 25.8 Å². The number of hydrogen-bond acceptors (Lipinski definition) is 19. The number of amides is 2. The summed E-state index contributed by atoms with van der Waals surface area (Å²) in [6, 6.07) is 29.3. The zero-order valence-corrected chi connectivity index (χ0v) is 41.9. The van der Waals surface area contributed by atoms with Crippen LogP contribution in [0.5, 0.6) is 0 Å². The van der Waals surface area contributed by atoms with Crippen LogP contribution in [-0.2, 0) is 39.2 Å². The van der Waals surface area contributed by atoms with Crippen molar-refractivity contribution in [2.24, 2.45) is 4.99 Å². The van der Waals surface area contributed by atoms with Gasteiger partial charge in [-0.1, -0.05) is 24.3 Å². The third kappa shape index (κ3) is 16.4. The molecule has 0 aliphatic carbocycles. The number of sulfonamides is 2. The number of benzene rings is 2. The van der Waals surface area contributed by atoms with Gasteiger partial charge in [0.1, 0.15) is 5.70 Å². The average molecular weight is 1080 g/mol. The summed E-state index contributed by atoms with van der Waals surface area (Å²) in [7, 11) is -7.56. The number of thiophene rings is 4. The zero-order chi connectivity index (χ0) is 51.5. The summed E-state index contributed by atoms with van der Waals surface area (Å²) in [5.74, 6) is -1.79. The van der Waals surface area contributed by atoms with Gasteiger partial charge in [-0.3, -0.25) is 14.4 Å². The number of nitrogen functional groups attached to an aromatic ring is 1. The van der Waals surface area contributed by atoms with Crippen molar-refractivity contribution in [3.05, 3.63) is 186 Å². The molecule has 7 heterocycles. The zero-order valence-electron chi connectivity index (χ0n) is 37.1. The predicted molar refractivity (Wildman–Crippen MR) is 278 cm³/mol. The molecule has 0 fully saturated rings.